The number of nitrogen functional groups attached to an aromatic ring is 1. The van der Waals surface area contributed by atoms with Gasteiger partial charge in [-0.15, -0.1) is 0 Å². The second-order valence-corrected chi connectivity index (χ2v) is 4.48. The maximum atomic E-state index is 7.62. The summed E-state index contributed by atoms with van der Waals surface area (Å²) in [5, 5.41) is 7.62. The highest BCUT2D eigenvalue weighted by molar-refractivity contribution is 6.00. The molecular formula is C13H19N3. The Morgan fingerprint density at radius 2 is 1.94 bits per heavy atom. The molecule has 1 aromatic carbocycles. The monoisotopic (exact) mass is 217 g/mol. The van der Waals surface area contributed by atoms with Crippen LogP contribution in [0.15, 0.2) is 18.2 Å². The van der Waals surface area contributed by atoms with E-state index in [0.29, 0.717) is 0 Å². The third-order valence-electron chi connectivity index (χ3n) is 3.14. The number of anilines is 1. The zero-order valence-electron chi connectivity index (χ0n) is 9.79. The molecular weight excluding hydrogens is 198 g/mol. The van der Waals surface area contributed by atoms with Crippen LogP contribution < -0.4 is 10.6 Å². The van der Waals surface area contributed by atoms with Gasteiger partial charge in [0, 0.05) is 24.3 Å². The molecule has 2 rings (SSSR count). The molecule has 0 spiro atoms. The quantitative estimate of drug-likeness (QED) is 0.590. The Labute approximate surface area is 96.8 Å². The van der Waals surface area contributed by atoms with Crippen LogP contribution in [0.5, 0.6) is 0 Å². The highest BCUT2D eigenvalue weighted by atomic mass is 15.1. The fourth-order valence-electron chi connectivity index (χ4n) is 2.27. The number of piperidine rings is 1. The lowest BCUT2D eigenvalue weighted by Crippen LogP contribution is -2.31. The lowest BCUT2D eigenvalue weighted by molar-refractivity contribution is 0.577. The normalized spacial score (nSPS) is 16.2. The Bertz CT molecular complexity index is 392. The van der Waals surface area contributed by atoms with Crippen molar-refractivity contribution in [3.05, 3.63) is 29.3 Å². The number of hydrogen-bond acceptors (Lipinski definition) is 2. The second kappa shape index (κ2) is 4.56. The Balaban J connectivity index is 2.36. The molecule has 16 heavy (non-hydrogen) atoms. The summed E-state index contributed by atoms with van der Waals surface area (Å²) in [6.45, 7) is 4.25. The lowest BCUT2D eigenvalue weighted by atomic mass is 10.0. The molecule has 0 amide bonds. The fourth-order valence-corrected chi connectivity index (χ4v) is 2.27. The van der Waals surface area contributed by atoms with E-state index >= 15 is 0 Å². The Hall–Kier alpha value is -1.51. The Kier molecular flexibility index (Phi) is 3.13. The van der Waals surface area contributed by atoms with Crippen LogP contribution in [0.4, 0.5) is 5.69 Å². The van der Waals surface area contributed by atoms with E-state index in [0.717, 1.165) is 24.3 Å². The first kappa shape index (κ1) is 11.0. The molecule has 1 aliphatic heterocycles. The van der Waals surface area contributed by atoms with Gasteiger partial charge in [0.25, 0.3) is 0 Å². The first-order chi connectivity index (χ1) is 7.68. The van der Waals surface area contributed by atoms with Crippen LogP contribution in [0.1, 0.15) is 30.4 Å². The first-order valence-corrected chi connectivity index (χ1v) is 5.88. The molecule has 0 saturated carbocycles. The van der Waals surface area contributed by atoms with Gasteiger partial charge in [-0.05, 0) is 43.9 Å². The van der Waals surface area contributed by atoms with E-state index in [-0.39, 0.29) is 5.84 Å². The predicted octanol–water partition coefficient (Wildman–Crippen LogP) is 2.27. The van der Waals surface area contributed by atoms with Crippen LogP contribution in [0.25, 0.3) is 0 Å². The average molecular weight is 217 g/mol. The minimum Gasteiger partial charge on any atom is -0.384 e. The van der Waals surface area contributed by atoms with Crippen molar-refractivity contribution in [2.45, 2.75) is 26.2 Å². The van der Waals surface area contributed by atoms with Crippen molar-refractivity contribution < 1.29 is 0 Å². The Morgan fingerprint density at radius 1 is 1.25 bits per heavy atom. The van der Waals surface area contributed by atoms with Gasteiger partial charge in [-0.25, -0.2) is 0 Å². The smallest absolute Gasteiger partial charge is 0.124 e. The van der Waals surface area contributed by atoms with Crippen molar-refractivity contribution in [1.82, 2.24) is 0 Å². The van der Waals surface area contributed by atoms with E-state index in [1.54, 1.807) is 0 Å². The molecule has 0 atom stereocenters. The highest BCUT2D eigenvalue weighted by Gasteiger charge is 2.15. The van der Waals surface area contributed by atoms with Crippen molar-refractivity contribution in [2.24, 2.45) is 5.73 Å². The summed E-state index contributed by atoms with van der Waals surface area (Å²) in [5.41, 5.74) is 8.86. The van der Waals surface area contributed by atoms with Crippen LogP contribution in [-0.4, -0.2) is 18.9 Å². The number of hydrogen-bond donors (Lipinski definition) is 2. The zero-order valence-corrected chi connectivity index (χ0v) is 9.79. The van der Waals surface area contributed by atoms with Crippen molar-refractivity contribution in [3.63, 3.8) is 0 Å². The number of nitrogens with one attached hydrogen (secondary N) is 1. The summed E-state index contributed by atoms with van der Waals surface area (Å²) in [6, 6.07) is 6.12. The zero-order chi connectivity index (χ0) is 11.5. The first-order valence-electron chi connectivity index (χ1n) is 5.88. The van der Waals surface area contributed by atoms with Crippen molar-refractivity contribution >= 4 is 11.5 Å². The van der Waals surface area contributed by atoms with Crippen LogP contribution in [-0.2, 0) is 0 Å². The number of benzene rings is 1. The minimum absolute atomic E-state index is 0.167. The van der Waals surface area contributed by atoms with E-state index in [1.807, 2.05) is 12.1 Å². The summed E-state index contributed by atoms with van der Waals surface area (Å²) in [6.07, 6.45) is 3.80. The molecule has 3 heteroatoms. The number of amidine groups is 1. The largest absolute Gasteiger partial charge is 0.384 e. The molecule has 0 unspecified atom stereocenters. The van der Waals surface area contributed by atoms with Gasteiger partial charge >= 0.3 is 0 Å². The van der Waals surface area contributed by atoms with Gasteiger partial charge in [-0.2, -0.15) is 0 Å². The number of nitrogens with two attached hydrogens (primary N) is 1. The number of nitrogens with zero attached hydrogens (tertiary/aromatic N) is 1. The van der Waals surface area contributed by atoms with E-state index in [1.165, 1.54) is 24.8 Å². The maximum absolute atomic E-state index is 7.62. The predicted molar refractivity (Wildman–Crippen MR) is 68.3 cm³/mol. The average Bonchev–Trinajstić information content (AvgIpc) is 2.29. The van der Waals surface area contributed by atoms with Gasteiger partial charge in [-0.3, -0.25) is 5.41 Å². The highest BCUT2D eigenvalue weighted by Crippen LogP contribution is 2.25. The molecule has 0 bridgehead atoms. The van der Waals surface area contributed by atoms with E-state index in [9.17, 15) is 0 Å². The standard InChI is InChI=1S/C13H19N3/c1-10-5-6-11(13(14)15)12(9-10)16-7-3-2-4-8-16/h5-6,9H,2-4,7-8H2,1H3,(H3,14,15). The molecule has 1 saturated heterocycles. The Morgan fingerprint density at radius 3 is 2.56 bits per heavy atom. The van der Waals surface area contributed by atoms with Crippen molar-refractivity contribution in [2.75, 3.05) is 18.0 Å². The molecule has 1 aliphatic rings. The van der Waals surface area contributed by atoms with Gasteiger partial charge in [0.05, 0.1) is 0 Å². The molecule has 0 radical (unpaired) electrons. The number of aryl methyl sites for hydroxylation is 1. The number of rotatable bonds is 2. The SMILES string of the molecule is Cc1ccc(C(=N)N)c(N2CCCCC2)c1. The maximum Gasteiger partial charge on any atom is 0.124 e. The fraction of sp³-hybridized carbons (Fsp3) is 0.462. The molecule has 3 N–H and O–H groups in total. The molecule has 1 aromatic rings. The topological polar surface area (TPSA) is 53.1 Å². The second-order valence-electron chi connectivity index (χ2n) is 4.48. The van der Waals surface area contributed by atoms with Crippen LogP contribution in [0.2, 0.25) is 0 Å². The van der Waals surface area contributed by atoms with E-state index in [2.05, 4.69) is 17.9 Å². The van der Waals surface area contributed by atoms with Crippen LogP contribution in [0.3, 0.4) is 0 Å². The molecule has 0 aliphatic carbocycles. The van der Waals surface area contributed by atoms with Crippen molar-refractivity contribution in [3.8, 4) is 0 Å². The third-order valence-corrected chi connectivity index (χ3v) is 3.14. The van der Waals surface area contributed by atoms with Crippen LogP contribution >= 0.6 is 0 Å². The minimum atomic E-state index is 0.167. The van der Waals surface area contributed by atoms with Gasteiger partial charge in [0.1, 0.15) is 5.84 Å². The van der Waals surface area contributed by atoms with Crippen molar-refractivity contribution in [1.29, 1.82) is 5.41 Å². The molecule has 86 valence electrons. The van der Waals surface area contributed by atoms with Crippen LogP contribution in [0, 0.1) is 12.3 Å². The van der Waals surface area contributed by atoms with Gasteiger partial charge in [-0.1, -0.05) is 6.07 Å². The summed E-state index contributed by atoms with van der Waals surface area (Å²) in [5.74, 6) is 0.167. The molecule has 1 fully saturated rings. The molecule has 0 aromatic heterocycles. The van der Waals surface area contributed by atoms with Gasteiger partial charge in [0.15, 0.2) is 0 Å². The lowest BCUT2D eigenvalue weighted by Gasteiger charge is -2.30. The van der Waals surface area contributed by atoms with Gasteiger partial charge in [0.2, 0.25) is 0 Å². The summed E-state index contributed by atoms with van der Waals surface area (Å²) < 4.78 is 0. The summed E-state index contributed by atoms with van der Waals surface area (Å²) >= 11 is 0. The van der Waals surface area contributed by atoms with Gasteiger partial charge < -0.3 is 10.6 Å². The molecule has 3 nitrogen and oxygen atoms in total. The molecule has 1 heterocycles. The van der Waals surface area contributed by atoms with E-state index < -0.39 is 0 Å². The third kappa shape index (κ3) is 2.18. The van der Waals surface area contributed by atoms with E-state index in [4.69, 9.17) is 11.1 Å². The summed E-state index contributed by atoms with van der Waals surface area (Å²) in [7, 11) is 0. The summed E-state index contributed by atoms with van der Waals surface area (Å²) in [4.78, 5) is 2.35.